The highest BCUT2D eigenvalue weighted by Gasteiger charge is 2.11. The summed E-state index contributed by atoms with van der Waals surface area (Å²) in [6.45, 7) is 0.417. The van der Waals surface area contributed by atoms with Crippen molar-refractivity contribution < 1.29 is 19.2 Å². The number of nitrogens with zero attached hydrogens (tertiary/aromatic N) is 1. The van der Waals surface area contributed by atoms with Crippen LogP contribution in [-0.2, 0) is 11.3 Å². The Bertz CT molecular complexity index is 868. The summed E-state index contributed by atoms with van der Waals surface area (Å²) < 4.78 is 5.05. The van der Waals surface area contributed by atoms with Crippen LogP contribution in [0, 0.1) is 22.0 Å². The number of hydrogen-bond acceptors (Lipinski definition) is 5. The van der Waals surface area contributed by atoms with Crippen molar-refractivity contribution in [2.24, 2.45) is 5.73 Å². The standard InChI is InChI=1S/C19H17N3O5/c20-18(23)16-10-15(11-17(12-16)22(25)26)8-4-5-9-21-19(24)27-13-14-6-2-1-3-7-14/h1-3,6-7,10-12H,5,9,13H2,(H2,20,23)(H,21,24). The summed E-state index contributed by atoms with van der Waals surface area (Å²) in [5.74, 6) is 4.71. The third-order valence-electron chi connectivity index (χ3n) is 3.38. The molecule has 0 spiro atoms. The SMILES string of the molecule is NC(=O)c1cc(C#CCCNC(=O)OCc2ccccc2)cc([N+](=O)[O-])c1. The van der Waals surface area contributed by atoms with Gasteiger partial charge < -0.3 is 15.8 Å². The Morgan fingerprint density at radius 2 is 1.93 bits per heavy atom. The topological polar surface area (TPSA) is 125 Å². The van der Waals surface area contributed by atoms with Crippen LogP contribution < -0.4 is 11.1 Å². The van der Waals surface area contributed by atoms with E-state index in [1.165, 1.54) is 12.1 Å². The van der Waals surface area contributed by atoms with Gasteiger partial charge in [-0.15, -0.1) is 0 Å². The van der Waals surface area contributed by atoms with Gasteiger partial charge in [0.05, 0.1) is 4.92 Å². The maximum absolute atomic E-state index is 11.6. The van der Waals surface area contributed by atoms with Gasteiger partial charge in [0.15, 0.2) is 0 Å². The first-order valence-corrected chi connectivity index (χ1v) is 7.98. The molecule has 0 unspecified atom stereocenters. The largest absolute Gasteiger partial charge is 0.445 e. The van der Waals surface area contributed by atoms with Gasteiger partial charge in [0.1, 0.15) is 6.61 Å². The lowest BCUT2D eigenvalue weighted by Crippen LogP contribution is -2.24. The normalized spacial score (nSPS) is 9.63. The number of carbonyl (C=O) groups excluding carboxylic acids is 2. The number of rotatable bonds is 6. The number of carbonyl (C=O) groups is 2. The molecule has 0 fully saturated rings. The fourth-order valence-corrected chi connectivity index (χ4v) is 2.10. The molecule has 0 atom stereocenters. The zero-order valence-corrected chi connectivity index (χ0v) is 14.3. The minimum absolute atomic E-state index is 0.0103. The molecule has 0 saturated heterocycles. The highest BCUT2D eigenvalue weighted by molar-refractivity contribution is 5.93. The van der Waals surface area contributed by atoms with Crippen molar-refractivity contribution >= 4 is 17.7 Å². The van der Waals surface area contributed by atoms with Crippen LogP contribution in [0.5, 0.6) is 0 Å². The zero-order chi connectivity index (χ0) is 19.6. The predicted octanol–water partition coefficient (Wildman–Crippen LogP) is 2.36. The molecule has 0 aromatic heterocycles. The van der Waals surface area contributed by atoms with Gasteiger partial charge in [-0.25, -0.2) is 4.79 Å². The summed E-state index contributed by atoms with van der Waals surface area (Å²) in [6.07, 6.45) is -0.262. The van der Waals surface area contributed by atoms with Crippen LogP contribution in [0.15, 0.2) is 48.5 Å². The molecule has 2 rings (SSSR count). The van der Waals surface area contributed by atoms with E-state index in [4.69, 9.17) is 10.5 Å². The first-order chi connectivity index (χ1) is 13.0. The van der Waals surface area contributed by atoms with Crippen LogP contribution in [0.3, 0.4) is 0 Å². The molecule has 3 N–H and O–H groups in total. The van der Waals surface area contributed by atoms with E-state index in [1.54, 1.807) is 0 Å². The molecule has 8 nitrogen and oxygen atoms in total. The second-order valence-electron chi connectivity index (χ2n) is 5.43. The van der Waals surface area contributed by atoms with E-state index < -0.39 is 16.9 Å². The molecule has 0 saturated carbocycles. The van der Waals surface area contributed by atoms with E-state index >= 15 is 0 Å². The molecule has 8 heteroatoms. The Morgan fingerprint density at radius 1 is 1.19 bits per heavy atom. The number of benzene rings is 2. The van der Waals surface area contributed by atoms with Crippen LogP contribution in [0.25, 0.3) is 0 Å². The van der Waals surface area contributed by atoms with Crippen molar-refractivity contribution in [1.82, 2.24) is 5.32 Å². The van der Waals surface area contributed by atoms with Crippen molar-refractivity contribution in [3.05, 3.63) is 75.3 Å². The summed E-state index contributed by atoms with van der Waals surface area (Å²) >= 11 is 0. The van der Waals surface area contributed by atoms with Crippen molar-refractivity contribution in [2.45, 2.75) is 13.0 Å². The second-order valence-corrected chi connectivity index (χ2v) is 5.43. The molecule has 0 aliphatic rings. The Balaban J connectivity index is 1.83. The molecule has 138 valence electrons. The van der Waals surface area contributed by atoms with Crippen LogP contribution in [0.1, 0.15) is 27.9 Å². The van der Waals surface area contributed by atoms with Gasteiger partial charge >= 0.3 is 6.09 Å². The maximum atomic E-state index is 11.6. The molecular weight excluding hydrogens is 350 g/mol. The minimum atomic E-state index is -0.774. The van der Waals surface area contributed by atoms with Crippen LogP contribution in [0.4, 0.5) is 10.5 Å². The lowest BCUT2D eigenvalue weighted by molar-refractivity contribution is -0.384. The summed E-state index contributed by atoms with van der Waals surface area (Å²) in [6, 6.07) is 13.0. The Kier molecular flexibility index (Phi) is 6.91. The van der Waals surface area contributed by atoms with E-state index in [9.17, 15) is 19.7 Å². The zero-order valence-electron chi connectivity index (χ0n) is 14.3. The molecule has 0 aliphatic carbocycles. The number of alkyl carbamates (subject to hydrolysis) is 1. The van der Waals surface area contributed by atoms with Crippen molar-refractivity contribution in [2.75, 3.05) is 6.54 Å². The summed E-state index contributed by atoms with van der Waals surface area (Å²) in [5.41, 5.74) is 6.08. The number of amides is 2. The van der Waals surface area contributed by atoms with E-state index in [1.807, 2.05) is 30.3 Å². The fraction of sp³-hybridized carbons (Fsp3) is 0.158. The second kappa shape index (κ2) is 9.58. The third kappa shape index (κ3) is 6.51. The maximum Gasteiger partial charge on any atom is 0.407 e. The summed E-state index contributed by atoms with van der Waals surface area (Å²) in [5, 5.41) is 13.4. The van der Waals surface area contributed by atoms with E-state index in [-0.39, 0.29) is 24.4 Å². The number of nitrogens with two attached hydrogens (primary N) is 1. The van der Waals surface area contributed by atoms with Gasteiger partial charge in [-0.2, -0.15) is 0 Å². The smallest absolute Gasteiger partial charge is 0.407 e. The summed E-state index contributed by atoms with van der Waals surface area (Å²) in [4.78, 5) is 33.1. The molecular formula is C19H17N3O5. The average Bonchev–Trinajstić information content (AvgIpc) is 2.66. The highest BCUT2D eigenvalue weighted by Crippen LogP contribution is 2.16. The van der Waals surface area contributed by atoms with Gasteiger partial charge in [-0.3, -0.25) is 14.9 Å². The predicted molar refractivity (Wildman–Crippen MR) is 97.7 cm³/mol. The molecule has 0 heterocycles. The van der Waals surface area contributed by atoms with Crippen LogP contribution in [0.2, 0.25) is 0 Å². The molecule has 0 radical (unpaired) electrons. The number of nitrogens with one attached hydrogen (secondary N) is 1. The van der Waals surface area contributed by atoms with Gasteiger partial charge in [-0.1, -0.05) is 42.2 Å². The van der Waals surface area contributed by atoms with Gasteiger partial charge in [0.25, 0.3) is 5.69 Å². The van der Waals surface area contributed by atoms with Gasteiger partial charge in [0, 0.05) is 36.2 Å². The average molecular weight is 367 g/mol. The first-order valence-electron chi connectivity index (χ1n) is 7.98. The molecule has 0 bridgehead atoms. The third-order valence-corrected chi connectivity index (χ3v) is 3.38. The molecule has 27 heavy (non-hydrogen) atoms. The van der Waals surface area contributed by atoms with Crippen LogP contribution >= 0.6 is 0 Å². The van der Waals surface area contributed by atoms with Crippen molar-refractivity contribution in [3.8, 4) is 11.8 Å². The minimum Gasteiger partial charge on any atom is -0.445 e. The summed E-state index contributed by atoms with van der Waals surface area (Å²) in [7, 11) is 0. The fourth-order valence-electron chi connectivity index (χ4n) is 2.10. The molecule has 0 aliphatic heterocycles. The van der Waals surface area contributed by atoms with E-state index in [2.05, 4.69) is 17.2 Å². The number of nitro groups is 1. The van der Waals surface area contributed by atoms with Gasteiger partial charge in [0.2, 0.25) is 5.91 Å². The van der Waals surface area contributed by atoms with Gasteiger partial charge in [-0.05, 0) is 11.6 Å². The lowest BCUT2D eigenvalue weighted by atomic mass is 10.1. The molecule has 2 amide bonds. The number of nitro benzene ring substituents is 1. The molecule has 2 aromatic rings. The Labute approximate surface area is 155 Å². The monoisotopic (exact) mass is 367 g/mol. The molecule has 2 aromatic carbocycles. The van der Waals surface area contributed by atoms with Crippen molar-refractivity contribution in [3.63, 3.8) is 0 Å². The number of primary amides is 1. The van der Waals surface area contributed by atoms with E-state index in [0.717, 1.165) is 11.6 Å². The Morgan fingerprint density at radius 3 is 2.59 bits per heavy atom. The quantitative estimate of drug-likeness (QED) is 0.351. The first kappa shape index (κ1) is 19.5. The number of ether oxygens (including phenoxy) is 1. The number of non-ortho nitro benzene ring substituents is 1. The van der Waals surface area contributed by atoms with E-state index in [0.29, 0.717) is 12.0 Å². The lowest BCUT2D eigenvalue weighted by Gasteiger charge is -2.05. The Hall–Kier alpha value is -3.86. The van der Waals surface area contributed by atoms with Crippen molar-refractivity contribution in [1.29, 1.82) is 0 Å². The van der Waals surface area contributed by atoms with Crippen LogP contribution in [-0.4, -0.2) is 23.5 Å². The highest BCUT2D eigenvalue weighted by atomic mass is 16.6. The number of hydrogen-bond donors (Lipinski definition) is 2.